The van der Waals surface area contributed by atoms with Gasteiger partial charge in [0.2, 0.25) is 5.52 Å². The van der Waals surface area contributed by atoms with Gasteiger partial charge in [-0.3, -0.25) is 9.36 Å². The zero-order chi connectivity index (χ0) is 13.1. The fourth-order valence-electron chi connectivity index (χ4n) is 1.48. The van der Waals surface area contributed by atoms with Crippen molar-refractivity contribution in [2.24, 2.45) is 0 Å². The van der Waals surface area contributed by atoms with E-state index in [2.05, 4.69) is 0 Å². The van der Waals surface area contributed by atoms with Crippen molar-refractivity contribution in [2.75, 3.05) is 0 Å². The molecule has 1 radical (unpaired) electrons. The molecular formula is C13H8Cl2O2P. The first-order valence-corrected chi connectivity index (χ1v) is 7.13. The minimum Gasteiger partial charge on any atom is -0.281 e. The molecule has 0 saturated heterocycles. The summed E-state index contributed by atoms with van der Waals surface area (Å²) in [4.78, 5) is 12.1. The van der Waals surface area contributed by atoms with Crippen molar-refractivity contribution in [3.63, 3.8) is 0 Å². The van der Waals surface area contributed by atoms with Gasteiger partial charge in [0, 0.05) is 5.30 Å². The van der Waals surface area contributed by atoms with Crippen LogP contribution in [-0.4, -0.2) is 5.52 Å². The Morgan fingerprint density at radius 3 is 2.00 bits per heavy atom. The molecule has 0 amide bonds. The van der Waals surface area contributed by atoms with E-state index in [1.54, 1.807) is 48.5 Å². The van der Waals surface area contributed by atoms with Gasteiger partial charge in [0.15, 0.2) is 7.80 Å². The summed E-state index contributed by atoms with van der Waals surface area (Å²) in [7, 11) is -2.20. The molecule has 2 rings (SSSR count). The molecule has 0 aliphatic rings. The second-order valence-electron chi connectivity index (χ2n) is 3.53. The Bertz CT molecular complexity index is 591. The third-order valence-electron chi connectivity index (χ3n) is 2.35. The van der Waals surface area contributed by atoms with Crippen LogP contribution in [0.5, 0.6) is 0 Å². The SMILES string of the molecule is O=C(c1c(Cl)cccc1Cl)[P](=O)c1ccccc1. The molecule has 0 aliphatic heterocycles. The first-order chi connectivity index (χ1) is 8.61. The quantitative estimate of drug-likeness (QED) is 0.792. The monoisotopic (exact) mass is 297 g/mol. The molecule has 91 valence electrons. The van der Waals surface area contributed by atoms with Gasteiger partial charge in [-0.15, -0.1) is 0 Å². The Kier molecular flexibility index (Phi) is 4.13. The van der Waals surface area contributed by atoms with Gasteiger partial charge in [-0.05, 0) is 24.3 Å². The lowest BCUT2D eigenvalue weighted by Gasteiger charge is -2.05. The van der Waals surface area contributed by atoms with Gasteiger partial charge in [0.05, 0.1) is 15.6 Å². The van der Waals surface area contributed by atoms with Crippen molar-refractivity contribution in [3.05, 3.63) is 64.1 Å². The van der Waals surface area contributed by atoms with Crippen LogP contribution >= 0.6 is 31.0 Å². The molecule has 0 N–H and O–H groups in total. The number of hydrogen-bond acceptors (Lipinski definition) is 2. The molecule has 5 heteroatoms. The van der Waals surface area contributed by atoms with Crippen LogP contribution in [0.2, 0.25) is 10.0 Å². The molecule has 1 atom stereocenters. The summed E-state index contributed by atoms with van der Waals surface area (Å²) < 4.78 is 12.1. The molecule has 1 unspecified atom stereocenters. The highest BCUT2D eigenvalue weighted by Crippen LogP contribution is 2.34. The van der Waals surface area contributed by atoms with Gasteiger partial charge in [0.25, 0.3) is 0 Å². The summed E-state index contributed by atoms with van der Waals surface area (Å²) in [6, 6.07) is 13.3. The minimum atomic E-state index is -2.20. The van der Waals surface area contributed by atoms with Gasteiger partial charge in [-0.25, -0.2) is 0 Å². The molecule has 18 heavy (non-hydrogen) atoms. The van der Waals surface area contributed by atoms with Crippen LogP contribution in [0.3, 0.4) is 0 Å². The van der Waals surface area contributed by atoms with Crippen LogP contribution < -0.4 is 5.30 Å². The second-order valence-corrected chi connectivity index (χ2v) is 5.86. The highest BCUT2D eigenvalue weighted by Gasteiger charge is 2.22. The van der Waals surface area contributed by atoms with E-state index in [-0.39, 0.29) is 15.6 Å². The second kappa shape index (κ2) is 5.62. The fourth-order valence-corrected chi connectivity index (χ4v) is 3.31. The van der Waals surface area contributed by atoms with Crippen LogP contribution in [0.1, 0.15) is 10.4 Å². The number of carbonyl (C=O) groups is 1. The fraction of sp³-hybridized carbons (Fsp3) is 0. The average Bonchev–Trinajstić information content (AvgIpc) is 2.38. The normalized spacial score (nSPS) is 11.1. The van der Waals surface area contributed by atoms with E-state index in [9.17, 15) is 9.36 Å². The zero-order valence-electron chi connectivity index (χ0n) is 9.14. The van der Waals surface area contributed by atoms with Crippen molar-refractivity contribution in [1.82, 2.24) is 0 Å². The topological polar surface area (TPSA) is 34.1 Å². The lowest BCUT2D eigenvalue weighted by atomic mass is 10.2. The summed E-state index contributed by atoms with van der Waals surface area (Å²) in [6.45, 7) is 0. The third-order valence-corrected chi connectivity index (χ3v) is 4.34. The third kappa shape index (κ3) is 2.62. The van der Waals surface area contributed by atoms with Crippen molar-refractivity contribution in [2.45, 2.75) is 0 Å². The van der Waals surface area contributed by atoms with E-state index >= 15 is 0 Å². The number of hydrogen-bond donors (Lipinski definition) is 0. The first kappa shape index (κ1) is 13.2. The van der Waals surface area contributed by atoms with E-state index in [1.165, 1.54) is 0 Å². The highest BCUT2D eigenvalue weighted by molar-refractivity contribution is 7.71. The van der Waals surface area contributed by atoms with Gasteiger partial charge in [-0.2, -0.15) is 0 Å². The van der Waals surface area contributed by atoms with Crippen LogP contribution in [0, 0.1) is 0 Å². The van der Waals surface area contributed by atoms with Crippen LogP contribution in [0.25, 0.3) is 0 Å². The number of rotatable bonds is 3. The molecule has 0 saturated carbocycles. The van der Waals surface area contributed by atoms with Gasteiger partial charge < -0.3 is 0 Å². The molecule has 2 nitrogen and oxygen atoms in total. The number of benzene rings is 2. The van der Waals surface area contributed by atoms with E-state index in [4.69, 9.17) is 23.2 Å². The number of halogens is 2. The van der Waals surface area contributed by atoms with Gasteiger partial charge >= 0.3 is 0 Å². The summed E-state index contributed by atoms with van der Waals surface area (Å²) in [5.41, 5.74) is -0.433. The zero-order valence-corrected chi connectivity index (χ0v) is 11.5. The van der Waals surface area contributed by atoms with Gasteiger partial charge in [0.1, 0.15) is 0 Å². The molecule has 2 aromatic rings. The van der Waals surface area contributed by atoms with Crippen molar-refractivity contribution in [3.8, 4) is 0 Å². The van der Waals surface area contributed by atoms with Crippen LogP contribution in [0.15, 0.2) is 48.5 Å². The molecule has 0 fully saturated rings. The Morgan fingerprint density at radius 2 is 1.44 bits per heavy atom. The standard InChI is InChI=1S/C13H8Cl2O2P/c14-10-7-4-8-11(15)12(10)13(16)18(17)9-5-2-1-3-6-9/h1-8H. The smallest absolute Gasteiger partial charge is 0.249 e. The Morgan fingerprint density at radius 1 is 0.889 bits per heavy atom. The Labute approximate surface area is 115 Å². The summed E-state index contributed by atoms with van der Waals surface area (Å²) in [5.74, 6) is 0. The average molecular weight is 298 g/mol. The predicted molar refractivity (Wildman–Crippen MR) is 74.5 cm³/mol. The summed E-state index contributed by atoms with van der Waals surface area (Å²) in [6.07, 6.45) is 0. The Balaban J connectivity index is 2.41. The van der Waals surface area contributed by atoms with Gasteiger partial charge in [-0.1, -0.05) is 47.5 Å². The maximum absolute atomic E-state index is 12.1. The molecule has 0 aliphatic carbocycles. The molecule has 0 spiro atoms. The maximum Gasteiger partial charge on any atom is 0.249 e. The number of carbonyl (C=O) groups excluding carboxylic acids is 1. The molecule has 2 aromatic carbocycles. The van der Waals surface area contributed by atoms with Crippen molar-refractivity contribution in [1.29, 1.82) is 0 Å². The van der Waals surface area contributed by atoms with Crippen molar-refractivity contribution < 1.29 is 9.36 Å². The Hall–Kier alpha value is -1.21. The van der Waals surface area contributed by atoms with Crippen molar-refractivity contribution >= 4 is 41.8 Å². The summed E-state index contributed by atoms with van der Waals surface area (Å²) >= 11 is 11.8. The van der Waals surface area contributed by atoms with Crippen LogP contribution in [-0.2, 0) is 4.57 Å². The largest absolute Gasteiger partial charge is 0.281 e. The summed E-state index contributed by atoms with van der Waals surface area (Å²) in [5, 5.41) is 0.895. The van der Waals surface area contributed by atoms with E-state index < -0.39 is 13.3 Å². The first-order valence-electron chi connectivity index (χ1n) is 5.12. The molecular weight excluding hydrogens is 290 g/mol. The van der Waals surface area contributed by atoms with E-state index in [0.29, 0.717) is 5.30 Å². The molecule has 0 bridgehead atoms. The maximum atomic E-state index is 12.1. The minimum absolute atomic E-state index is 0.116. The van der Waals surface area contributed by atoms with E-state index in [1.807, 2.05) is 0 Å². The lowest BCUT2D eigenvalue weighted by molar-refractivity contribution is 0.108. The lowest BCUT2D eigenvalue weighted by Crippen LogP contribution is -2.04. The molecule has 0 heterocycles. The highest BCUT2D eigenvalue weighted by atomic mass is 35.5. The molecule has 0 aromatic heterocycles. The van der Waals surface area contributed by atoms with E-state index in [0.717, 1.165) is 0 Å². The van der Waals surface area contributed by atoms with Crippen LogP contribution in [0.4, 0.5) is 0 Å². The predicted octanol–water partition coefficient (Wildman–Crippen LogP) is 4.29.